The van der Waals surface area contributed by atoms with Crippen molar-refractivity contribution in [3.8, 4) is 12.3 Å². The number of aromatic nitrogens is 1. The second-order valence-electron chi connectivity index (χ2n) is 3.28. The number of aryl methyl sites for hydroxylation is 2. The normalized spacial score (nSPS) is 12.1. The first-order chi connectivity index (χ1) is 6.69. The molecule has 0 fully saturated rings. The molecule has 0 saturated heterocycles. The highest BCUT2D eigenvalue weighted by Crippen LogP contribution is 2.15. The van der Waals surface area contributed by atoms with Gasteiger partial charge >= 0.3 is 0 Å². The summed E-state index contributed by atoms with van der Waals surface area (Å²) in [6.07, 6.45) is 5.46. The number of nitrogens with one attached hydrogen (secondary N) is 1. The lowest BCUT2D eigenvalue weighted by Crippen LogP contribution is -2.20. The fourth-order valence-corrected chi connectivity index (χ4v) is 1.47. The molecule has 0 aliphatic heterocycles. The van der Waals surface area contributed by atoms with E-state index in [4.69, 9.17) is 6.42 Å². The molecule has 74 valence electrons. The molecule has 1 heterocycles. The van der Waals surface area contributed by atoms with Crippen LogP contribution in [0.5, 0.6) is 0 Å². The fourth-order valence-electron chi connectivity index (χ4n) is 1.47. The Morgan fingerprint density at radius 2 is 2.21 bits per heavy atom. The Balaban J connectivity index is 3.00. The molecular formula is C12H16N2. The van der Waals surface area contributed by atoms with E-state index in [0.717, 1.165) is 23.5 Å². The number of rotatable bonds is 3. The second kappa shape index (κ2) is 4.78. The maximum absolute atomic E-state index is 5.46. The Kier molecular flexibility index (Phi) is 3.67. The Morgan fingerprint density at radius 1 is 1.50 bits per heavy atom. The van der Waals surface area contributed by atoms with E-state index in [0.29, 0.717) is 0 Å². The van der Waals surface area contributed by atoms with E-state index in [2.05, 4.69) is 16.2 Å². The molecule has 2 heteroatoms. The van der Waals surface area contributed by atoms with Crippen molar-refractivity contribution < 1.29 is 0 Å². The minimum atomic E-state index is -0.0203. The third-order valence-electron chi connectivity index (χ3n) is 2.15. The maximum atomic E-state index is 5.46. The molecule has 0 spiro atoms. The summed E-state index contributed by atoms with van der Waals surface area (Å²) in [4.78, 5) is 4.39. The highest BCUT2D eigenvalue weighted by molar-refractivity contribution is 5.30. The predicted molar refractivity (Wildman–Crippen MR) is 59.0 cm³/mol. The molecule has 14 heavy (non-hydrogen) atoms. The molecule has 1 N–H and O–H groups in total. The molecule has 0 aliphatic carbocycles. The Hall–Kier alpha value is -1.33. The van der Waals surface area contributed by atoms with Crippen LogP contribution in [0.1, 0.15) is 29.9 Å². The summed E-state index contributed by atoms with van der Waals surface area (Å²) >= 11 is 0. The zero-order valence-corrected chi connectivity index (χ0v) is 8.96. The Labute approximate surface area is 85.8 Å². The van der Waals surface area contributed by atoms with E-state index in [1.807, 2.05) is 32.9 Å². The summed E-state index contributed by atoms with van der Waals surface area (Å²) < 4.78 is 0. The van der Waals surface area contributed by atoms with Crippen molar-refractivity contribution in [2.45, 2.75) is 26.8 Å². The molecule has 0 saturated carbocycles. The minimum absolute atomic E-state index is 0.0203. The van der Waals surface area contributed by atoms with Gasteiger partial charge in [-0.1, -0.05) is 18.9 Å². The van der Waals surface area contributed by atoms with Gasteiger partial charge in [-0.15, -0.1) is 6.42 Å². The summed E-state index contributed by atoms with van der Waals surface area (Å²) in [7, 11) is 0. The Bertz CT molecular complexity index is 350. The van der Waals surface area contributed by atoms with Gasteiger partial charge in [0.25, 0.3) is 0 Å². The molecule has 2 nitrogen and oxygen atoms in total. The van der Waals surface area contributed by atoms with E-state index in [9.17, 15) is 0 Å². The third-order valence-corrected chi connectivity index (χ3v) is 2.15. The first-order valence-electron chi connectivity index (χ1n) is 4.82. The zero-order chi connectivity index (χ0) is 10.6. The number of terminal acetylenes is 1. The largest absolute Gasteiger partial charge is 0.300 e. The van der Waals surface area contributed by atoms with E-state index < -0.39 is 0 Å². The van der Waals surface area contributed by atoms with Gasteiger partial charge in [0, 0.05) is 17.0 Å². The summed E-state index contributed by atoms with van der Waals surface area (Å²) in [5.74, 6) is 2.73. The first-order valence-corrected chi connectivity index (χ1v) is 4.82. The molecule has 0 bridgehead atoms. The van der Waals surface area contributed by atoms with Crippen LogP contribution in [-0.4, -0.2) is 11.5 Å². The van der Waals surface area contributed by atoms with Crippen molar-refractivity contribution in [1.29, 1.82) is 0 Å². The van der Waals surface area contributed by atoms with Crippen LogP contribution < -0.4 is 5.32 Å². The molecule has 1 atom stereocenters. The highest BCUT2D eigenvalue weighted by Gasteiger charge is 2.09. The zero-order valence-electron chi connectivity index (χ0n) is 8.96. The highest BCUT2D eigenvalue weighted by atomic mass is 14.9. The minimum Gasteiger partial charge on any atom is -0.300 e. The van der Waals surface area contributed by atoms with Crippen molar-refractivity contribution in [3.63, 3.8) is 0 Å². The van der Waals surface area contributed by atoms with Gasteiger partial charge in [0.05, 0.1) is 6.04 Å². The van der Waals surface area contributed by atoms with Crippen LogP contribution in [0.3, 0.4) is 0 Å². The van der Waals surface area contributed by atoms with Crippen molar-refractivity contribution in [3.05, 3.63) is 29.1 Å². The summed E-state index contributed by atoms with van der Waals surface area (Å²) in [6.45, 7) is 6.88. The first kappa shape index (κ1) is 10.7. The number of nitrogens with zero attached hydrogens (tertiary/aromatic N) is 1. The molecular weight excluding hydrogens is 172 g/mol. The maximum Gasteiger partial charge on any atom is 0.0960 e. The van der Waals surface area contributed by atoms with Crippen LogP contribution in [0.15, 0.2) is 12.1 Å². The third kappa shape index (κ3) is 2.34. The van der Waals surface area contributed by atoms with Crippen molar-refractivity contribution in [1.82, 2.24) is 10.3 Å². The van der Waals surface area contributed by atoms with E-state index in [-0.39, 0.29) is 6.04 Å². The van der Waals surface area contributed by atoms with Crippen LogP contribution in [-0.2, 0) is 0 Å². The second-order valence-corrected chi connectivity index (χ2v) is 3.28. The quantitative estimate of drug-likeness (QED) is 0.734. The fraction of sp³-hybridized carbons (Fsp3) is 0.417. The number of hydrogen-bond acceptors (Lipinski definition) is 2. The van der Waals surface area contributed by atoms with Crippen LogP contribution in [0.2, 0.25) is 0 Å². The molecule has 1 aromatic rings. The molecule has 0 aromatic carbocycles. The monoisotopic (exact) mass is 188 g/mol. The lowest BCUT2D eigenvalue weighted by molar-refractivity contribution is 0.658. The predicted octanol–water partition coefficient (Wildman–Crippen LogP) is 1.98. The Morgan fingerprint density at radius 3 is 2.71 bits per heavy atom. The molecule has 1 rings (SSSR count). The SMILES string of the molecule is C#CC(NCC)c1ccc(C)nc1C. The number of pyridine rings is 1. The summed E-state index contributed by atoms with van der Waals surface area (Å²) in [6, 6.07) is 4.02. The van der Waals surface area contributed by atoms with E-state index in [1.165, 1.54) is 0 Å². The van der Waals surface area contributed by atoms with Gasteiger partial charge in [-0.05, 0) is 26.5 Å². The van der Waals surface area contributed by atoms with Crippen LogP contribution in [0, 0.1) is 26.2 Å². The van der Waals surface area contributed by atoms with Crippen LogP contribution >= 0.6 is 0 Å². The van der Waals surface area contributed by atoms with E-state index >= 15 is 0 Å². The average Bonchev–Trinajstić information content (AvgIpc) is 2.15. The topological polar surface area (TPSA) is 24.9 Å². The van der Waals surface area contributed by atoms with Crippen molar-refractivity contribution in [2.75, 3.05) is 6.54 Å². The van der Waals surface area contributed by atoms with Crippen LogP contribution in [0.4, 0.5) is 0 Å². The summed E-state index contributed by atoms with van der Waals surface area (Å²) in [5, 5.41) is 3.23. The van der Waals surface area contributed by atoms with Crippen molar-refractivity contribution in [2.24, 2.45) is 0 Å². The van der Waals surface area contributed by atoms with Gasteiger partial charge in [-0.2, -0.15) is 0 Å². The molecule has 0 radical (unpaired) electrons. The van der Waals surface area contributed by atoms with Crippen LogP contribution in [0.25, 0.3) is 0 Å². The van der Waals surface area contributed by atoms with E-state index in [1.54, 1.807) is 0 Å². The van der Waals surface area contributed by atoms with Gasteiger partial charge < -0.3 is 5.32 Å². The lowest BCUT2D eigenvalue weighted by atomic mass is 10.1. The van der Waals surface area contributed by atoms with Gasteiger partial charge in [0.2, 0.25) is 0 Å². The van der Waals surface area contributed by atoms with Gasteiger partial charge in [0.15, 0.2) is 0 Å². The summed E-state index contributed by atoms with van der Waals surface area (Å²) in [5.41, 5.74) is 3.13. The van der Waals surface area contributed by atoms with Crippen molar-refractivity contribution >= 4 is 0 Å². The molecule has 0 amide bonds. The van der Waals surface area contributed by atoms with Gasteiger partial charge in [-0.3, -0.25) is 4.98 Å². The number of hydrogen-bond donors (Lipinski definition) is 1. The molecule has 0 aliphatic rings. The molecule has 1 aromatic heterocycles. The van der Waals surface area contributed by atoms with Gasteiger partial charge in [0.1, 0.15) is 0 Å². The standard InChI is InChI=1S/C12H16N2/c1-5-12(13-6-2)11-8-7-9(3)14-10(11)4/h1,7-8,12-13H,6H2,2-4H3. The average molecular weight is 188 g/mol. The lowest BCUT2D eigenvalue weighted by Gasteiger charge is -2.14. The smallest absolute Gasteiger partial charge is 0.0960 e. The van der Waals surface area contributed by atoms with Gasteiger partial charge in [-0.25, -0.2) is 0 Å². The molecule has 1 unspecified atom stereocenters.